The third kappa shape index (κ3) is 8.07. The number of hydrogen-bond donors (Lipinski definition) is 2. The highest BCUT2D eigenvalue weighted by molar-refractivity contribution is 5.90. The second kappa shape index (κ2) is 10.6. The highest BCUT2D eigenvalue weighted by Gasteiger charge is 2.29. The second-order valence-corrected chi connectivity index (χ2v) is 8.28. The number of carboxylic acid groups (broad SMARTS) is 1. The lowest BCUT2D eigenvalue weighted by Crippen LogP contribution is -2.45. The quantitative estimate of drug-likeness (QED) is 0.650. The first-order valence-corrected chi connectivity index (χ1v) is 9.97. The normalized spacial score (nSPS) is 13.2. The van der Waals surface area contributed by atoms with Gasteiger partial charge in [0, 0.05) is 6.42 Å². The molecule has 2 rings (SSSR count). The van der Waals surface area contributed by atoms with Crippen molar-refractivity contribution in [3.63, 3.8) is 0 Å². The molecule has 6 nitrogen and oxygen atoms in total. The number of amides is 1. The number of carbonyl (C=O) groups excluding carboxylic acids is 2. The molecule has 0 fully saturated rings. The van der Waals surface area contributed by atoms with Gasteiger partial charge in [-0.15, -0.1) is 0 Å². The Labute approximate surface area is 177 Å². The van der Waals surface area contributed by atoms with E-state index in [-0.39, 0.29) is 25.0 Å². The number of carboxylic acids is 1. The van der Waals surface area contributed by atoms with Crippen molar-refractivity contribution >= 4 is 17.8 Å². The molecule has 0 saturated heterocycles. The van der Waals surface area contributed by atoms with Gasteiger partial charge in [-0.25, -0.2) is 4.79 Å². The fourth-order valence-corrected chi connectivity index (χ4v) is 3.08. The maximum absolute atomic E-state index is 13.0. The Morgan fingerprint density at radius 3 is 1.87 bits per heavy atom. The van der Waals surface area contributed by atoms with Crippen LogP contribution in [0.15, 0.2) is 60.7 Å². The predicted octanol–water partition coefficient (Wildman–Crippen LogP) is 4.03. The minimum Gasteiger partial charge on any atom is -0.481 e. The van der Waals surface area contributed by atoms with Crippen LogP contribution in [0, 0.1) is 5.92 Å². The number of aliphatic carboxylic acids is 1. The van der Waals surface area contributed by atoms with Crippen molar-refractivity contribution in [3.8, 4) is 0 Å². The maximum Gasteiger partial charge on any atom is 0.408 e. The lowest BCUT2D eigenvalue weighted by Gasteiger charge is -2.24. The molecule has 1 amide bonds. The van der Waals surface area contributed by atoms with E-state index >= 15 is 0 Å². The van der Waals surface area contributed by atoms with Crippen molar-refractivity contribution < 1.29 is 24.2 Å². The molecule has 0 radical (unpaired) electrons. The summed E-state index contributed by atoms with van der Waals surface area (Å²) >= 11 is 0. The lowest BCUT2D eigenvalue weighted by molar-refractivity contribution is -0.143. The summed E-state index contributed by atoms with van der Waals surface area (Å²) in [5, 5.41) is 12.3. The zero-order valence-corrected chi connectivity index (χ0v) is 17.6. The van der Waals surface area contributed by atoms with Gasteiger partial charge in [-0.05, 0) is 44.7 Å². The van der Waals surface area contributed by atoms with Gasteiger partial charge in [0.2, 0.25) is 0 Å². The third-order valence-electron chi connectivity index (χ3n) is 4.48. The standard InChI is InChI=1S/C24H29NO5/c1-24(2,3)30-23(29)25-20(15-18-12-8-5-9-13-18)21(26)16-19(22(27)28)14-17-10-6-4-7-11-17/h4-13,19-20H,14-16H2,1-3H3,(H,25,29)(H,27,28). The van der Waals surface area contributed by atoms with Crippen molar-refractivity contribution in [2.75, 3.05) is 0 Å². The van der Waals surface area contributed by atoms with Crippen LogP contribution in [0.3, 0.4) is 0 Å². The third-order valence-corrected chi connectivity index (χ3v) is 4.48. The van der Waals surface area contributed by atoms with Gasteiger partial charge in [-0.1, -0.05) is 60.7 Å². The van der Waals surface area contributed by atoms with Crippen molar-refractivity contribution in [3.05, 3.63) is 71.8 Å². The first kappa shape index (κ1) is 23.1. The van der Waals surface area contributed by atoms with E-state index < -0.39 is 29.6 Å². The monoisotopic (exact) mass is 411 g/mol. The molecule has 0 bridgehead atoms. The van der Waals surface area contributed by atoms with Gasteiger partial charge in [0.05, 0.1) is 12.0 Å². The number of carbonyl (C=O) groups is 3. The first-order valence-electron chi connectivity index (χ1n) is 9.97. The molecule has 0 aromatic heterocycles. The Morgan fingerprint density at radius 2 is 1.40 bits per heavy atom. The Bertz CT molecular complexity index is 843. The number of hydrogen-bond acceptors (Lipinski definition) is 4. The second-order valence-electron chi connectivity index (χ2n) is 8.28. The molecule has 30 heavy (non-hydrogen) atoms. The summed E-state index contributed by atoms with van der Waals surface area (Å²) in [6.07, 6.45) is -0.382. The molecule has 0 aliphatic heterocycles. The van der Waals surface area contributed by atoms with Crippen molar-refractivity contribution in [1.29, 1.82) is 0 Å². The SMILES string of the molecule is CC(C)(C)OC(=O)NC(Cc1ccccc1)C(=O)CC(Cc1ccccc1)C(=O)O. The Hall–Kier alpha value is -3.15. The topological polar surface area (TPSA) is 92.7 Å². The maximum atomic E-state index is 13.0. The number of nitrogens with one attached hydrogen (secondary N) is 1. The molecular weight excluding hydrogens is 382 g/mol. The summed E-state index contributed by atoms with van der Waals surface area (Å²) in [4.78, 5) is 37.1. The van der Waals surface area contributed by atoms with E-state index in [1.807, 2.05) is 60.7 Å². The molecule has 0 aliphatic rings. The number of Topliss-reactive ketones (excluding diaryl/α,β-unsaturated/α-hetero) is 1. The molecule has 2 aromatic rings. The lowest BCUT2D eigenvalue weighted by atomic mass is 9.90. The average Bonchev–Trinajstić information content (AvgIpc) is 2.67. The van der Waals surface area contributed by atoms with Gasteiger partial charge in [0.25, 0.3) is 0 Å². The van der Waals surface area contributed by atoms with Crippen molar-refractivity contribution in [2.45, 2.75) is 51.7 Å². The molecule has 0 spiro atoms. The Kier molecular flexibility index (Phi) is 8.16. The van der Waals surface area contributed by atoms with Gasteiger partial charge in [0.1, 0.15) is 5.60 Å². The van der Waals surface area contributed by atoms with E-state index in [1.54, 1.807) is 20.8 Å². The number of ketones is 1. The van der Waals surface area contributed by atoms with Crippen LogP contribution in [0.4, 0.5) is 4.79 Å². The summed E-state index contributed by atoms with van der Waals surface area (Å²) < 4.78 is 5.29. The number of ether oxygens (including phenoxy) is 1. The molecule has 0 aliphatic carbocycles. The van der Waals surface area contributed by atoms with Crippen LogP contribution in [0.2, 0.25) is 0 Å². The minimum atomic E-state index is -1.04. The largest absolute Gasteiger partial charge is 0.481 e. The van der Waals surface area contributed by atoms with Crippen LogP contribution >= 0.6 is 0 Å². The highest BCUT2D eigenvalue weighted by Crippen LogP contribution is 2.16. The molecule has 2 atom stereocenters. The zero-order valence-electron chi connectivity index (χ0n) is 17.6. The summed E-state index contributed by atoms with van der Waals surface area (Å²) in [6.45, 7) is 5.21. The number of rotatable bonds is 9. The molecule has 6 heteroatoms. The smallest absolute Gasteiger partial charge is 0.408 e. The summed E-state index contributed by atoms with van der Waals surface area (Å²) in [5.74, 6) is -2.26. The summed E-state index contributed by atoms with van der Waals surface area (Å²) in [5.41, 5.74) is 1.00. The van der Waals surface area contributed by atoms with E-state index in [4.69, 9.17) is 4.74 Å². The number of benzene rings is 2. The predicted molar refractivity (Wildman–Crippen MR) is 114 cm³/mol. The molecule has 2 N–H and O–H groups in total. The van der Waals surface area contributed by atoms with Crippen LogP contribution in [-0.4, -0.2) is 34.6 Å². The summed E-state index contributed by atoms with van der Waals surface area (Å²) in [6, 6.07) is 17.6. The van der Waals surface area contributed by atoms with Crippen molar-refractivity contribution in [1.82, 2.24) is 5.32 Å². The first-order chi connectivity index (χ1) is 14.1. The van der Waals surface area contributed by atoms with Crippen LogP contribution in [0.25, 0.3) is 0 Å². The Balaban J connectivity index is 2.14. The fraction of sp³-hybridized carbons (Fsp3) is 0.375. The van der Waals surface area contributed by atoms with E-state index in [0.29, 0.717) is 0 Å². The molecule has 0 saturated carbocycles. The number of alkyl carbamates (subject to hydrolysis) is 1. The van der Waals surface area contributed by atoms with E-state index in [2.05, 4.69) is 5.32 Å². The molecule has 160 valence electrons. The van der Waals surface area contributed by atoms with Crippen LogP contribution in [0.5, 0.6) is 0 Å². The van der Waals surface area contributed by atoms with E-state index in [1.165, 1.54) is 0 Å². The van der Waals surface area contributed by atoms with E-state index in [0.717, 1.165) is 11.1 Å². The van der Waals surface area contributed by atoms with Gasteiger partial charge in [-0.3, -0.25) is 9.59 Å². The average molecular weight is 411 g/mol. The molecular formula is C24H29NO5. The fourth-order valence-electron chi connectivity index (χ4n) is 3.08. The molecule has 2 unspecified atom stereocenters. The minimum absolute atomic E-state index is 0.183. The molecule has 2 aromatic carbocycles. The van der Waals surface area contributed by atoms with Crippen LogP contribution in [0.1, 0.15) is 38.3 Å². The van der Waals surface area contributed by atoms with Gasteiger partial charge in [-0.2, -0.15) is 0 Å². The molecule has 0 heterocycles. The highest BCUT2D eigenvalue weighted by atomic mass is 16.6. The summed E-state index contributed by atoms with van der Waals surface area (Å²) in [7, 11) is 0. The van der Waals surface area contributed by atoms with Crippen LogP contribution < -0.4 is 5.32 Å². The van der Waals surface area contributed by atoms with Crippen LogP contribution in [-0.2, 0) is 27.2 Å². The Morgan fingerprint density at radius 1 is 0.900 bits per heavy atom. The van der Waals surface area contributed by atoms with E-state index in [9.17, 15) is 19.5 Å². The van der Waals surface area contributed by atoms with Gasteiger partial charge >= 0.3 is 12.1 Å². The van der Waals surface area contributed by atoms with Gasteiger partial charge < -0.3 is 15.2 Å². The van der Waals surface area contributed by atoms with Gasteiger partial charge in [0.15, 0.2) is 5.78 Å². The van der Waals surface area contributed by atoms with Crippen molar-refractivity contribution in [2.24, 2.45) is 5.92 Å². The zero-order chi connectivity index (χ0) is 22.1.